The van der Waals surface area contributed by atoms with Crippen LogP contribution >= 0.6 is 0 Å². The van der Waals surface area contributed by atoms with Crippen molar-refractivity contribution < 1.29 is 33.5 Å². The summed E-state index contributed by atoms with van der Waals surface area (Å²) in [5.41, 5.74) is -0.765. The SMILES string of the molecule is CC(C)(C)OC(=O)N1CCC(C)(C(=O)Nc2ccc3c(c2)C(=O)N(C2CCC(=O)NC2=O)C3=O)CC1. The molecule has 11 nitrogen and oxygen atoms in total. The van der Waals surface area contributed by atoms with Crippen LogP contribution < -0.4 is 10.6 Å². The van der Waals surface area contributed by atoms with Crippen molar-refractivity contribution >= 4 is 41.3 Å². The standard InChI is InChI=1S/C25H30N4O7/c1-24(2,3)36-23(35)28-11-9-25(4,10-12-28)22(34)26-14-5-6-15-16(13-14)21(33)29(20(15)32)17-7-8-18(30)27-19(17)31/h5-6,13,17H,7-12H2,1-4H3,(H,26,34)(H,27,30,31). The molecule has 36 heavy (non-hydrogen) atoms. The highest BCUT2D eigenvalue weighted by Gasteiger charge is 2.45. The molecule has 0 spiro atoms. The van der Waals surface area contributed by atoms with Crippen LogP contribution in [0.1, 0.15) is 74.1 Å². The summed E-state index contributed by atoms with van der Waals surface area (Å²) in [4.78, 5) is 77.5. The quantitative estimate of drug-likeness (QED) is 0.608. The van der Waals surface area contributed by atoms with Gasteiger partial charge in [0.25, 0.3) is 11.8 Å². The zero-order valence-electron chi connectivity index (χ0n) is 20.8. The summed E-state index contributed by atoms with van der Waals surface area (Å²) >= 11 is 0. The second-order valence-corrected chi connectivity index (χ2v) is 10.7. The number of nitrogens with one attached hydrogen (secondary N) is 2. The van der Waals surface area contributed by atoms with E-state index in [0.29, 0.717) is 31.6 Å². The number of carbonyl (C=O) groups excluding carboxylic acids is 6. The monoisotopic (exact) mass is 498 g/mol. The molecule has 11 heteroatoms. The highest BCUT2D eigenvalue weighted by Crippen LogP contribution is 2.34. The number of rotatable bonds is 3. The fourth-order valence-corrected chi connectivity index (χ4v) is 4.57. The smallest absolute Gasteiger partial charge is 0.410 e. The van der Waals surface area contributed by atoms with Crippen molar-refractivity contribution in [2.75, 3.05) is 18.4 Å². The van der Waals surface area contributed by atoms with E-state index in [0.717, 1.165) is 4.90 Å². The fraction of sp³-hybridized carbons (Fsp3) is 0.520. The number of nitrogens with zero attached hydrogens (tertiary/aromatic N) is 2. The highest BCUT2D eigenvalue weighted by molar-refractivity contribution is 6.24. The van der Waals surface area contributed by atoms with Crippen LogP contribution in [0.25, 0.3) is 0 Å². The zero-order valence-corrected chi connectivity index (χ0v) is 20.8. The van der Waals surface area contributed by atoms with Crippen LogP contribution in [0, 0.1) is 5.41 Å². The van der Waals surface area contributed by atoms with Gasteiger partial charge in [-0.25, -0.2) is 4.79 Å². The number of anilines is 1. The molecule has 2 fully saturated rings. The van der Waals surface area contributed by atoms with Crippen molar-refractivity contribution in [3.05, 3.63) is 29.3 Å². The summed E-state index contributed by atoms with van der Waals surface area (Å²) < 4.78 is 5.41. The van der Waals surface area contributed by atoms with Crippen molar-refractivity contribution in [3.63, 3.8) is 0 Å². The van der Waals surface area contributed by atoms with Crippen LogP contribution in [0.2, 0.25) is 0 Å². The summed E-state index contributed by atoms with van der Waals surface area (Å²) in [7, 11) is 0. The van der Waals surface area contributed by atoms with Gasteiger partial charge in [0.05, 0.1) is 16.5 Å². The Morgan fingerprint density at radius 3 is 2.31 bits per heavy atom. The predicted molar refractivity (Wildman–Crippen MR) is 127 cm³/mol. The topological polar surface area (TPSA) is 142 Å². The number of benzene rings is 1. The van der Waals surface area contributed by atoms with Crippen LogP contribution in [-0.2, 0) is 19.1 Å². The summed E-state index contributed by atoms with van der Waals surface area (Å²) in [6.07, 6.45) is 0.563. The molecule has 1 aromatic carbocycles. The molecule has 3 heterocycles. The third-order valence-electron chi connectivity index (χ3n) is 6.76. The van der Waals surface area contributed by atoms with Gasteiger partial charge in [-0.15, -0.1) is 0 Å². The number of imide groups is 2. The fourth-order valence-electron chi connectivity index (χ4n) is 4.57. The minimum atomic E-state index is -1.05. The minimum Gasteiger partial charge on any atom is -0.444 e. The second-order valence-electron chi connectivity index (χ2n) is 10.7. The molecular weight excluding hydrogens is 468 g/mol. The molecule has 192 valence electrons. The lowest BCUT2D eigenvalue weighted by Gasteiger charge is -2.38. The van der Waals surface area contributed by atoms with E-state index in [1.165, 1.54) is 18.2 Å². The summed E-state index contributed by atoms with van der Waals surface area (Å²) in [5.74, 6) is -2.63. The second kappa shape index (κ2) is 9.03. The number of ether oxygens (including phenoxy) is 1. The molecule has 0 saturated carbocycles. The van der Waals surface area contributed by atoms with E-state index in [1.54, 1.807) is 25.7 Å². The van der Waals surface area contributed by atoms with Gasteiger partial charge in [-0.05, 0) is 58.2 Å². The van der Waals surface area contributed by atoms with Gasteiger partial charge in [0.2, 0.25) is 17.7 Å². The van der Waals surface area contributed by atoms with Gasteiger partial charge in [0.15, 0.2) is 0 Å². The molecule has 3 aliphatic heterocycles. The molecule has 1 atom stereocenters. The first-order valence-corrected chi connectivity index (χ1v) is 11.9. The molecule has 4 rings (SSSR count). The van der Waals surface area contributed by atoms with E-state index in [2.05, 4.69) is 10.6 Å². The third kappa shape index (κ3) is 4.82. The normalized spacial score (nSPS) is 21.7. The lowest BCUT2D eigenvalue weighted by atomic mass is 9.79. The number of hydrogen-bond donors (Lipinski definition) is 2. The van der Waals surface area contributed by atoms with Gasteiger partial charge in [0.1, 0.15) is 11.6 Å². The van der Waals surface area contributed by atoms with E-state index >= 15 is 0 Å². The summed E-state index contributed by atoms with van der Waals surface area (Å²) in [6.45, 7) is 7.96. The van der Waals surface area contributed by atoms with E-state index < -0.39 is 46.8 Å². The maximum Gasteiger partial charge on any atom is 0.410 e. The first-order valence-electron chi connectivity index (χ1n) is 11.9. The molecule has 1 unspecified atom stereocenters. The molecule has 0 bridgehead atoms. The van der Waals surface area contributed by atoms with Crippen molar-refractivity contribution in [1.29, 1.82) is 0 Å². The zero-order chi connectivity index (χ0) is 26.4. The maximum atomic E-state index is 13.1. The van der Waals surface area contributed by atoms with E-state index in [4.69, 9.17) is 4.74 Å². The lowest BCUT2D eigenvalue weighted by molar-refractivity contribution is -0.136. The Bertz CT molecular complexity index is 1160. The molecule has 2 saturated heterocycles. The van der Waals surface area contributed by atoms with Crippen molar-refractivity contribution in [3.8, 4) is 0 Å². The molecule has 6 amide bonds. The number of fused-ring (bicyclic) bond motifs is 1. The van der Waals surface area contributed by atoms with Crippen LogP contribution in [0.15, 0.2) is 18.2 Å². The Kier molecular flexibility index (Phi) is 6.36. The molecule has 0 radical (unpaired) electrons. The summed E-state index contributed by atoms with van der Waals surface area (Å²) in [6, 6.07) is 3.36. The number of piperidine rings is 2. The van der Waals surface area contributed by atoms with Crippen LogP contribution in [-0.4, -0.2) is 70.2 Å². The molecule has 2 N–H and O–H groups in total. The van der Waals surface area contributed by atoms with Gasteiger partial charge in [-0.3, -0.25) is 34.2 Å². The molecule has 1 aromatic rings. The minimum absolute atomic E-state index is 0.0368. The highest BCUT2D eigenvalue weighted by atomic mass is 16.6. The van der Waals surface area contributed by atoms with E-state index in [9.17, 15) is 28.8 Å². The van der Waals surface area contributed by atoms with E-state index in [1.807, 2.05) is 6.92 Å². The van der Waals surface area contributed by atoms with Crippen LogP contribution in [0.3, 0.4) is 0 Å². The molecule has 0 aromatic heterocycles. The molecule has 3 aliphatic rings. The lowest BCUT2D eigenvalue weighted by Crippen LogP contribution is -2.54. The van der Waals surface area contributed by atoms with E-state index in [-0.39, 0.29) is 29.9 Å². The number of hydrogen-bond acceptors (Lipinski definition) is 7. The Morgan fingerprint density at radius 1 is 1.06 bits per heavy atom. The first-order chi connectivity index (χ1) is 16.8. The van der Waals surface area contributed by atoms with Crippen LogP contribution in [0.4, 0.5) is 10.5 Å². The number of carbonyl (C=O) groups is 6. The Morgan fingerprint density at radius 2 is 1.69 bits per heavy atom. The molecule has 0 aliphatic carbocycles. The predicted octanol–water partition coefficient (Wildman–Crippen LogP) is 2.06. The van der Waals surface area contributed by atoms with Gasteiger partial charge in [0, 0.05) is 25.2 Å². The Hall–Kier alpha value is -3.76. The van der Waals surface area contributed by atoms with Crippen molar-refractivity contribution in [1.82, 2.24) is 15.1 Å². The van der Waals surface area contributed by atoms with Gasteiger partial charge in [-0.2, -0.15) is 0 Å². The average Bonchev–Trinajstić information content (AvgIpc) is 3.03. The first kappa shape index (κ1) is 25.3. The van der Waals surface area contributed by atoms with Gasteiger partial charge in [-0.1, -0.05) is 6.92 Å². The van der Waals surface area contributed by atoms with Crippen LogP contribution in [0.5, 0.6) is 0 Å². The molecular formula is C25H30N4O7. The Labute approximate surface area is 208 Å². The van der Waals surface area contributed by atoms with Gasteiger partial charge >= 0.3 is 6.09 Å². The average molecular weight is 499 g/mol. The number of amides is 6. The Balaban J connectivity index is 1.42. The van der Waals surface area contributed by atoms with Crippen molar-refractivity contribution in [2.24, 2.45) is 5.41 Å². The largest absolute Gasteiger partial charge is 0.444 e. The maximum absolute atomic E-state index is 13.1. The third-order valence-corrected chi connectivity index (χ3v) is 6.76. The summed E-state index contributed by atoms with van der Waals surface area (Å²) in [5, 5.41) is 4.99. The van der Waals surface area contributed by atoms with Crippen molar-refractivity contribution in [2.45, 2.75) is 65.0 Å². The number of likely N-dealkylation sites (tertiary alicyclic amines) is 1. The van der Waals surface area contributed by atoms with Gasteiger partial charge < -0.3 is 15.0 Å².